The van der Waals surface area contributed by atoms with Crippen molar-refractivity contribution in [1.29, 1.82) is 0 Å². The van der Waals surface area contributed by atoms with Crippen LogP contribution in [-0.2, 0) is 9.84 Å². The van der Waals surface area contributed by atoms with Gasteiger partial charge in [-0.05, 0) is 41.5 Å². The number of hydrogen-bond acceptors (Lipinski definition) is 7. The zero-order valence-corrected chi connectivity index (χ0v) is 12.1. The zero-order valence-electron chi connectivity index (χ0n) is 11.3. The third-order valence-corrected chi connectivity index (χ3v) is 5.39. The van der Waals surface area contributed by atoms with E-state index in [9.17, 15) is 8.42 Å². The van der Waals surface area contributed by atoms with Crippen molar-refractivity contribution in [2.24, 2.45) is 0 Å². The molecule has 0 atom stereocenters. The van der Waals surface area contributed by atoms with Gasteiger partial charge in [0.15, 0.2) is 5.82 Å². The molecule has 2 heterocycles. The summed E-state index contributed by atoms with van der Waals surface area (Å²) in [7, 11) is -2.92. The van der Waals surface area contributed by atoms with Crippen LogP contribution in [0.1, 0.15) is 18.9 Å². The minimum absolute atomic E-state index is 0.0320. The van der Waals surface area contributed by atoms with Gasteiger partial charge in [0.1, 0.15) is 9.84 Å². The first-order valence-electron chi connectivity index (χ1n) is 6.60. The lowest BCUT2D eigenvalue weighted by atomic mass is 10.1. The second-order valence-corrected chi connectivity index (χ2v) is 7.48. The summed E-state index contributed by atoms with van der Waals surface area (Å²) in [6, 6.07) is 5.12. The fourth-order valence-corrected chi connectivity index (χ4v) is 3.99. The van der Waals surface area contributed by atoms with Crippen LogP contribution in [0.5, 0.6) is 0 Å². The monoisotopic (exact) mass is 308 g/mol. The summed E-state index contributed by atoms with van der Waals surface area (Å²) in [5, 5.41) is 11.7. The van der Waals surface area contributed by atoms with Crippen molar-refractivity contribution in [3.05, 3.63) is 18.2 Å². The molecule has 9 heteroatoms. The van der Waals surface area contributed by atoms with E-state index in [1.165, 1.54) is 0 Å². The average Bonchev–Trinajstić information content (AvgIpc) is 2.88. The van der Waals surface area contributed by atoms with Crippen LogP contribution in [0.25, 0.3) is 11.4 Å². The van der Waals surface area contributed by atoms with Gasteiger partial charge in [0.05, 0.1) is 17.5 Å². The first kappa shape index (κ1) is 13.8. The summed E-state index contributed by atoms with van der Waals surface area (Å²) in [6.07, 6.45) is 1.02. The molecule has 2 aromatic rings. The summed E-state index contributed by atoms with van der Waals surface area (Å²) >= 11 is 0. The highest BCUT2D eigenvalue weighted by Gasteiger charge is 2.28. The molecule has 3 rings (SSSR count). The van der Waals surface area contributed by atoms with Crippen LogP contribution < -0.4 is 11.5 Å². The molecular formula is C12H16N6O2S. The lowest BCUT2D eigenvalue weighted by molar-refractivity contribution is 0.408. The van der Waals surface area contributed by atoms with Gasteiger partial charge in [-0.2, -0.15) is 0 Å². The van der Waals surface area contributed by atoms with Crippen molar-refractivity contribution >= 4 is 21.2 Å². The molecule has 0 unspecified atom stereocenters. The number of anilines is 2. The second-order valence-electron chi connectivity index (χ2n) is 5.18. The fourth-order valence-electron chi connectivity index (χ4n) is 2.52. The molecule has 1 saturated heterocycles. The van der Waals surface area contributed by atoms with Crippen LogP contribution in [0.15, 0.2) is 18.2 Å². The predicted molar refractivity (Wildman–Crippen MR) is 79.0 cm³/mol. The minimum Gasteiger partial charge on any atom is -0.399 e. The van der Waals surface area contributed by atoms with Gasteiger partial charge in [-0.1, -0.05) is 0 Å². The average molecular weight is 308 g/mol. The van der Waals surface area contributed by atoms with Crippen molar-refractivity contribution < 1.29 is 8.42 Å². The second kappa shape index (κ2) is 4.99. The zero-order chi connectivity index (χ0) is 15.0. The first-order chi connectivity index (χ1) is 9.96. The van der Waals surface area contributed by atoms with Crippen LogP contribution >= 0.6 is 0 Å². The lowest BCUT2D eigenvalue weighted by Gasteiger charge is -2.22. The summed E-state index contributed by atoms with van der Waals surface area (Å²) in [6.45, 7) is 0. The van der Waals surface area contributed by atoms with Crippen LogP contribution in [0.3, 0.4) is 0 Å². The highest BCUT2D eigenvalue weighted by atomic mass is 32.2. The van der Waals surface area contributed by atoms with E-state index in [0.29, 0.717) is 35.6 Å². The molecule has 112 valence electrons. The molecular weight excluding hydrogens is 292 g/mol. The van der Waals surface area contributed by atoms with Crippen LogP contribution in [0.4, 0.5) is 11.4 Å². The largest absolute Gasteiger partial charge is 0.399 e. The van der Waals surface area contributed by atoms with Crippen LogP contribution in [0.2, 0.25) is 0 Å². The summed E-state index contributed by atoms with van der Waals surface area (Å²) in [5.74, 6) is 0.861. The number of rotatable bonds is 2. The molecule has 4 N–H and O–H groups in total. The van der Waals surface area contributed by atoms with Crippen molar-refractivity contribution in [2.45, 2.75) is 18.9 Å². The van der Waals surface area contributed by atoms with E-state index < -0.39 is 9.84 Å². The topological polar surface area (TPSA) is 130 Å². The van der Waals surface area contributed by atoms with Gasteiger partial charge in [0.25, 0.3) is 0 Å². The molecule has 1 aromatic carbocycles. The normalized spacial score (nSPS) is 18.7. The molecule has 1 aliphatic heterocycles. The molecule has 0 saturated carbocycles. The van der Waals surface area contributed by atoms with Gasteiger partial charge in [0, 0.05) is 16.9 Å². The quantitative estimate of drug-likeness (QED) is 0.761. The standard InChI is InChI=1S/C12H16N6O2S/c13-8-1-2-10(11(14)7-8)12-15-16-17-18(12)9-3-5-21(19,20)6-4-9/h1-2,7,9H,3-6,13-14H2. The Morgan fingerprint density at radius 2 is 1.90 bits per heavy atom. The lowest BCUT2D eigenvalue weighted by Crippen LogP contribution is -2.26. The number of hydrogen-bond donors (Lipinski definition) is 2. The Bertz CT molecular complexity index is 756. The molecule has 0 amide bonds. The van der Waals surface area contributed by atoms with Crippen molar-refractivity contribution in [1.82, 2.24) is 20.2 Å². The molecule has 21 heavy (non-hydrogen) atoms. The predicted octanol–water partition coefficient (Wildman–Crippen LogP) is 0.254. The fraction of sp³-hybridized carbons (Fsp3) is 0.417. The Hall–Kier alpha value is -2.16. The molecule has 0 radical (unpaired) electrons. The SMILES string of the molecule is Nc1ccc(-c2nnnn2C2CCS(=O)(=O)CC2)c(N)c1. The minimum atomic E-state index is -2.92. The van der Waals surface area contributed by atoms with Crippen molar-refractivity contribution in [2.75, 3.05) is 23.0 Å². The maximum Gasteiger partial charge on any atom is 0.184 e. The van der Waals surface area contributed by atoms with Crippen molar-refractivity contribution in [3.8, 4) is 11.4 Å². The molecule has 1 fully saturated rings. The van der Waals surface area contributed by atoms with E-state index in [1.54, 1.807) is 22.9 Å². The van der Waals surface area contributed by atoms with Gasteiger partial charge < -0.3 is 11.5 Å². The third kappa shape index (κ3) is 2.68. The maximum atomic E-state index is 11.5. The summed E-state index contributed by atoms with van der Waals surface area (Å²) in [4.78, 5) is 0. The highest BCUT2D eigenvalue weighted by molar-refractivity contribution is 7.91. The molecule has 0 bridgehead atoms. The number of nitrogens with two attached hydrogens (primary N) is 2. The number of tetrazole rings is 1. The first-order valence-corrected chi connectivity index (χ1v) is 8.42. The van der Waals surface area contributed by atoms with E-state index >= 15 is 0 Å². The number of sulfone groups is 1. The molecule has 8 nitrogen and oxygen atoms in total. The van der Waals surface area contributed by atoms with Gasteiger partial charge in [-0.25, -0.2) is 13.1 Å². The molecule has 0 aliphatic carbocycles. The number of benzene rings is 1. The molecule has 1 aliphatic rings. The van der Waals surface area contributed by atoms with Gasteiger partial charge >= 0.3 is 0 Å². The smallest absolute Gasteiger partial charge is 0.184 e. The van der Waals surface area contributed by atoms with E-state index in [1.807, 2.05) is 0 Å². The van der Waals surface area contributed by atoms with Gasteiger partial charge in [-0.3, -0.25) is 0 Å². The van der Waals surface area contributed by atoms with E-state index in [2.05, 4.69) is 15.5 Å². The van der Waals surface area contributed by atoms with Crippen LogP contribution in [-0.4, -0.2) is 40.1 Å². The Labute approximate surface area is 122 Å². The number of nitrogens with zero attached hydrogens (tertiary/aromatic N) is 4. The van der Waals surface area contributed by atoms with Crippen LogP contribution in [0, 0.1) is 0 Å². The summed E-state index contributed by atoms with van der Waals surface area (Å²) < 4.78 is 24.7. The number of nitrogen functional groups attached to an aromatic ring is 2. The van der Waals surface area contributed by atoms with Gasteiger partial charge in [-0.15, -0.1) is 5.10 Å². The maximum absolute atomic E-state index is 11.5. The third-order valence-electron chi connectivity index (χ3n) is 3.68. The highest BCUT2D eigenvalue weighted by Crippen LogP contribution is 2.30. The van der Waals surface area contributed by atoms with Gasteiger partial charge in [0.2, 0.25) is 0 Å². The van der Waals surface area contributed by atoms with E-state index in [0.717, 1.165) is 0 Å². The van der Waals surface area contributed by atoms with E-state index in [-0.39, 0.29) is 17.5 Å². The van der Waals surface area contributed by atoms with Crippen molar-refractivity contribution in [3.63, 3.8) is 0 Å². The molecule has 1 aromatic heterocycles. The number of aromatic nitrogens is 4. The summed E-state index contributed by atoms with van der Waals surface area (Å²) in [5.41, 5.74) is 13.4. The Morgan fingerprint density at radius 3 is 2.57 bits per heavy atom. The molecule has 0 spiro atoms. The Balaban J connectivity index is 1.94. The van der Waals surface area contributed by atoms with E-state index in [4.69, 9.17) is 11.5 Å². The Kier molecular flexibility index (Phi) is 3.28. The Morgan fingerprint density at radius 1 is 1.19 bits per heavy atom.